The van der Waals surface area contributed by atoms with Crippen LogP contribution in [0.15, 0.2) is 60.7 Å². The molecular formula is C26H35N3O3. The van der Waals surface area contributed by atoms with Gasteiger partial charge in [-0.25, -0.2) is 4.68 Å². The first-order valence-corrected chi connectivity index (χ1v) is 11.2. The summed E-state index contributed by atoms with van der Waals surface area (Å²) in [6.45, 7) is 9.62. The van der Waals surface area contributed by atoms with Gasteiger partial charge in [-0.15, -0.1) is 0 Å². The molecule has 0 fully saturated rings. The second kappa shape index (κ2) is 11.3. The average Bonchev–Trinajstić information content (AvgIpc) is 3.08. The van der Waals surface area contributed by atoms with Gasteiger partial charge in [0.2, 0.25) is 5.88 Å². The number of hydrogen-bond donors (Lipinski definition) is 1. The van der Waals surface area contributed by atoms with Crippen molar-refractivity contribution in [3.8, 4) is 22.9 Å². The van der Waals surface area contributed by atoms with Gasteiger partial charge in [0.15, 0.2) is 0 Å². The summed E-state index contributed by atoms with van der Waals surface area (Å²) in [5, 5.41) is 15.4. The van der Waals surface area contributed by atoms with Gasteiger partial charge in [-0.05, 0) is 39.8 Å². The molecule has 0 amide bonds. The van der Waals surface area contributed by atoms with Crippen molar-refractivity contribution in [2.45, 2.75) is 52.5 Å². The summed E-state index contributed by atoms with van der Waals surface area (Å²) in [5.74, 6) is 1.46. The molecule has 0 aliphatic rings. The molecule has 172 valence electrons. The molecule has 1 atom stereocenters. The number of nitrogens with zero attached hydrogens (tertiary/aromatic N) is 3. The third-order valence-electron chi connectivity index (χ3n) is 5.25. The predicted octanol–water partition coefficient (Wildman–Crippen LogP) is 4.88. The van der Waals surface area contributed by atoms with Crippen LogP contribution in [0.25, 0.3) is 11.3 Å². The van der Waals surface area contributed by atoms with Crippen molar-refractivity contribution < 1.29 is 14.6 Å². The van der Waals surface area contributed by atoms with Gasteiger partial charge in [0.1, 0.15) is 11.4 Å². The molecule has 6 nitrogen and oxygen atoms in total. The molecule has 0 saturated heterocycles. The third-order valence-corrected chi connectivity index (χ3v) is 5.25. The van der Waals surface area contributed by atoms with Gasteiger partial charge in [-0.3, -0.25) is 4.90 Å². The zero-order valence-electron chi connectivity index (χ0n) is 19.7. The molecule has 0 unspecified atom stereocenters. The lowest BCUT2D eigenvalue weighted by atomic mass is 10.1. The van der Waals surface area contributed by atoms with Gasteiger partial charge in [0.25, 0.3) is 0 Å². The second-order valence-electron chi connectivity index (χ2n) is 8.60. The van der Waals surface area contributed by atoms with Crippen molar-refractivity contribution in [2.75, 3.05) is 13.2 Å². The van der Waals surface area contributed by atoms with E-state index in [2.05, 4.69) is 30.9 Å². The molecule has 1 heterocycles. The minimum atomic E-state index is -0.574. The van der Waals surface area contributed by atoms with Gasteiger partial charge in [0, 0.05) is 31.7 Å². The lowest BCUT2D eigenvalue weighted by Crippen LogP contribution is -2.39. The van der Waals surface area contributed by atoms with Gasteiger partial charge < -0.3 is 14.6 Å². The Labute approximate surface area is 191 Å². The number of aliphatic hydroxyl groups excluding tert-OH is 1. The summed E-state index contributed by atoms with van der Waals surface area (Å²) in [6, 6.07) is 20.1. The normalized spacial score (nSPS) is 12.7. The quantitative estimate of drug-likeness (QED) is 0.463. The van der Waals surface area contributed by atoms with Crippen LogP contribution in [-0.4, -0.2) is 51.2 Å². The van der Waals surface area contributed by atoms with E-state index >= 15 is 0 Å². The smallest absolute Gasteiger partial charge is 0.222 e. The van der Waals surface area contributed by atoms with E-state index in [9.17, 15) is 5.11 Å². The molecule has 2 aromatic carbocycles. The first-order valence-electron chi connectivity index (χ1n) is 11.2. The van der Waals surface area contributed by atoms with Crippen molar-refractivity contribution in [3.05, 3.63) is 66.2 Å². The number of para-hydroxylation sites is 1. The van der Waals surface area contributed by atoms with Crippen molar-refractivity contribution in [2.24, 2.45) is 7.05 Å². The van der Waals surface area contributed by atoms with Gasteiger partial charge in [-0.1, -0.05) is 48.5 Å². The zero-order chi connectivity index (χ0) is 23.1. The number of ether oxygens (including phenoxy) is 2. The Balaban J connectivity index is 1.94. The summed E-state index contributed by atoms with van der Waals surface area (Å²) in [6.07, 6.45) is -0.485. The molecule has 0 aliphatic carbocycles. The van der Waals surface area contributed by atoms with Crippen LogP contribution in [0.4, 0.5) is 0 Å². The largest absolute Gasteiger partial charge is 0.439 e. The van der Waals surface area contributed by atoms with Crippen molar-refractivity contribution >= 4 is 0 Å². The van der Waals surface area contributed by atoms with E-state index in [1.807, 2.05) is 69.4 Å². The van der Waals surface area contributed by atoms with Crippen LogP contribution >= 0.6 is 0 Å². The first-order chi connectivity index (χ1) is 15.3. The van der Waals surface area contributed by atoms with E-state index in [0.29, 0.717) is 25.6 Å². The fraction of sp³-hybridized carbons (Fsp3) is 0.423. The van der Waals surface area contributed by atoms with Crippen LogP contribution in [0.3, 0.4) is 0 Å². The molecule has 0 radical (unpaired) electrons. The number of hydrogen-bond acceptors (Lipinski definition) is 5. The summed E-state index contributed by atoms with van der Waals surface area (Å²) >= 11 is 0. The number of rotatable bonds is 11. The second-order valence-corrected chi connectivity index (χ2v) is 8.60. The molecule has 1 N–H and O–H groups in total. The SMILES string of the molecule is CC(C)OC[C@H](O)CN(Cc1c(-c2ccccc2)nn(C)c1Oc1ccccc1)C(C)C. The molecule has 3 aromatic rings. The summed E-state index contributed by atoms with van der Waals surface area (Å²) in [5.41, 5.74) is 2.92. The van der Waals surface area contributed by atoms with Crippen LogP contribution in [0.2, 0.25) is 0 Å². The summed E-state index contributed by atoms with van der Waals surface area (Å²) < 4.78 is 13.7. The number of aromatic nitrogens is 2. The van der Waals surface area contributed by atoms with Crippen LogP contribution in [-0.2, 0) is 18.3 Å². The molecule has 6 heteroatoms. The highest BCUT2D eigenvalue weighted by Crippen LogP contribution is 2.34. The molecule has 0 saturated carbocycles. The van der Waals surface area contributed by atoms with Crippen molar-refractivity contribution in [1.82, 2.24) is 14.7 Å². The molecule has 3 rings (SSSR count). The zero-order valence-corrected chi connectivity index (χ0v) is 19.7. The Morgan fingerprint density at radius 2 is 1.59 bits per heavy atom. The predicted molar refractivity (Wildman–Crippen MR) is 128 cm³/mol. The van der Waals surface area contributed by atoms with E-state index in [1.165, 1.54) is 0 Å². The summed E-state index contributed by atoms with van der Waals surface area (Å²) in [7, 11) is 1.90. The maximum Gasteiger partial charge on any atom is 0.222 e. The summed E-state index contributed by atoms with van der Waals surface area (Å²) in [4.78, 5) is 2.23. The third kappa shape index (κ3) is 6.42. The highest BCUT2D eigenvalue weighted by atomic mass is 16.5. The van der Waals surface area contributed by atoms with E-state index in [4.69, 9.17) is 14.6 Å². The molecule has 0 bridgehead atoms. The van der Waals surface area contributed by atoms with Crippen LogP contribution < -0.4 is 4.74 Å². The van der Waals surface area contributed by atoms with Gasteiger partial charge in [0.05, 0.1) is 24.4 Å². The molecule has 0 aliphatic heterocycles. The Kier molecular flexibility index (Phi) is 8.45. The Morgan fingerprint density at radius 1 is 0.969 bits per heavy atom. The average molecular weight is 438 g/mol. The topological polar surface area (TPSA) is 59.8 Å². The van der Waals surface area contributed by atoms with Crippen LogP contribution in [0, 0.1) is 0 Å². The number of benzene rings is 2. The molecule has 1 aromatic heterocycles. The van der Waals surface area contributed by atoms with E-state index in [0.717, 1.165) is 22.6 Å². The number of aliphatic hydroxyl groups is 1. The van der Waals surface area contributed by atoms with E-state index < -0.39 is 6.10 Å². The highest BCUT2D eigenvalue weighted by Gasteiger charge is 2.24. The van der Waals surface area contributed by atoms with Crippen LogP contribution in [0.5, 0.6) is 11.6 Å². The maximum absolute atomic E-state index is 10.6. The lowest BCUT2D eigenvalue weighted by Gasteiger charge is -2.29. The minimum Gasteiger partial charge on any atom is -0.439 e. The van der Waals surface area contributed by atoms with Crippen molar-refractivity contribution in [1.29, 1.82) is 0 Å². The fourth-order valence-corrected chi connectivity index (χ4v) is 3.54. The Morgan fingerprint density at radius 3 is 2.19 bits per heavy atom. The molecule has 0 spiro atoms. The monoisotopic (exact) mass is 437 g/mol. The molecular weight excluding hydrogens is 402 g/mol. The standard InChI is InChI=1S/C26H35N3O3/c1-19(2)29(16-22(30)18-31-20(3)4)17-24-25(21-12-8-6-9-13-21)27-28(5)26(24)32-23-14-10-7-11-15-23/h6-15,19-20,22,30H,16-18H2,1-5H3/t22-/m1/s1. The van der Waals surface area contributed by atoms with Gasteiger partial charge in [-0.2, -0.15) is 5.10 Å². The molecule has 32 heavy (non-hydrogen) atoms. The van der Waals surface area contributed by atoms with Crippen molar-refractivity contribution in [3.63, 3.8) is 0 Å². The number of aryl methyl sites for hydroxylation is 1. The van der Waals surface area contributed by atoms with Gasteiger partial charge >= 0.3 is 0 Å². The highest BCUT2D eigenvalue weighted by molar-refractivity contribution is 5.65. The van der Waals surface area contributed by atoms with E-state index in [1.54, 1.807) is 4.68 Å². The Hall–Kier alpha value is -2.67. The van der Waals surface area contributed by atoms with E-state index in [-0.39, 0.29) is 12.1 Å². The Bertz CT molecular complexity index is 955. The van der Waals surface area contributed by atoms with Crippen LogP contribution in [0.1, 0.15) is 33.3 Å². The maximum atomic E-state index is 10.6. The minimum absolute atomic E-state index is 0.0889. The lowest BCUT2D eigenvalue weighted by molar-refractivity contribution is -0.0137. The fourth-order valence-electron chi connectivity index (χ4n) is 3.54. The first kappa shape index (κ1) is 24.0.